The Morgan fingerprint density at radius 2 is 2.20 bits per heavy atom. The van der Waals surface area contributed by atoms with Gasteiger partial charge in [0, 0.05) is 12.3 Å². The molecule has 2 rings (SSSR count). The SMILES string of the molecule is OCc1cccc(Oc2ccncn2)c1. The van der Waals surface area contributed by atoms with Gasteiger partial charge >= 0.3 is 0 Å². The maximum atomic E-state index is 8.95. The van der Waals surface area contributed by atoms with Crippen molar-refractivity contribution in [3.8, 4) is 11.6 Å². The number of aliphatic hydroxyl groups is 1. The van der Waals surface area contributed by atoms with Crippen molar-refractivity contribution in [2.75, 3.05) is 0 Å². The van der Waals surface area contributed by atoms with E-state index in [1.165, 1.54) is 6.33 Å². The predicted molar refractivity (Wildman–Crippen MR) is 54.5 cm³/mol. The minimum absolute atomic E-state index is 0.000966. The zero-order chi connectivity index (χ0) is 10.5. The summed E-state index contributed by atoms with van der Waals surface area (Å²) in [5, 5.41) is 8.95. The number of hydrogen-bond acceptors (Lipinski definition) is 4. The fourth-order valence-corrected chi connectivity index (χ4v) is 1.17. The van der Waals surface area contributed by atoms with E-state index >= 15 is 0 Å². The third kappa shape index (κ3) is 2.51. The minimum atomic E-state index is 0.000966. The Kier molecular flexibility index (Phi) is 2.90. The third-order valence-electron chi connectivity index (χ3n) is 1.86. The minimum Gasteiger partial charge on any atom is -0.439 e. The Hall–Kier alpha value is -1.94. The molecule has 1 aromatic carbocycles. The van der Waals surface area contributed by atoms with Gasteiger partial charge in [0.1, 0.15) is 12.1 Å². The molecule has 0 saturated carbocycles. The van der Waals surface area contributed by atoms with Crippen LogP contribution in [0.3, 0.4) is 0 Å². The van der Waals surface area contributed by atoms with E-state index in [4.69, 9.17) is 9.84 Å². The molecule has 76 valence electrons. The number of hydrogen-bond donors (Lipinski definition) is 1. The van der Waals surface area contributed by atoms with Gasteiger partial charge in [-0.1, -0.05) is 12.1 Å². The van der Waals surface area contributed by atoms with Crippen LogP contribution >= 0.6 is 0 Å². The molecule has 0 fully saturated rings. The van der Waals surface area contributed by atoms with Crippen molar-refractivity contribution in [1.82, 2.24) is 9.97 Å². The van der Waals surface area contributed by atoms with Crippen LogP contribution in [0.25, 0.3) is 0 Å². The number of aromatic nitrogens is 2. The van der Waals surface area contributed by atoms with Gasteiger partial charge in [-0.15, -0.1) is 0 Å². The molecule has 1 N–H and O–H groups in total. The van der Waals surface area contributed by atoms with E-state index in [1.807, 2.05) is 12.1 Å². The molecule has 0 aliphatic heterocycles. The molecule has 4 nitrogen and oxygen atoms in total. The normalized spacial score (nSPS) is 9.93. The van der Waals surface area contributed by atoms with Gasteiger partial charge < -0.3 is 9.84 Å². The highest BCUT2D eigenvalue weighted by atomic mass is 16.5. The smallest absolute Gasteiger partial charge is 0.222 e. The fraction of sp³-hybridized carbons (Fsp3) is 0.0909. The number of rotatable bonds is 3. The lowest BCUT2D eigenvalue weighted by Gasteiger charge is -2.04. The highest BCUT2D eigenvalue weighted by Gasteiger charge is 1.98. The van der Waals surface area contributed by atoms with Crippen molar-refractivity contribution in [2.24, 2.45) is 0 Å². The first-order chi connectivity index (χ1) is 7.38. The van der Waals surface area contributed by atoms with Crippen LogP contribution in [0, 0.1) is 0 Å². The lowest BCUT2D eigenvalue weighted by Crippen LogP contribution is -1.89. The third-order valence-corrected chi connectivity index (χ3v) is 1.86. The first-order valence-corrected chi connectivity index (χ1v) is 4.52. The maximum Gasteiger partial charge on any atom is 0.222 e. The monoisotopic (exact) mass is 202 g/mol. The van der Waals surface area contributed by atoms with Crippen LogP contribution in [0.2, 0.25) is 0 Å². The second-order valence-corrected chi connectivity index (χ2v) is 2.96. The topological polar surface area (TPSA) is 55.2 Å². The molecule has 0 spiro atoms. The van der Waals surface area contributed by atoms with Crippen LogP contribution < -0.4 is 4.74 Å². The Bertz CT molecular complexity index is 432. The maximum absolute atomic E-state index is 8.95. The van der Waals surface area contributed by atoms with E-state index in [0.29, 0.717) is 11.6 Å². The summed E-state index contributed by atoms with van der Waals surface area (Å²) in [6.07, 6.45) is 3.03. The Morgan fingerprint density at radius 3 is 2.93 bits per heavy atom. The molecule has 4 heteroatoms. The summed E-state index contributed by atoms with van der Waals surface area (Å²) in [7, 11) is 0. The van der Waals surface area contributed by atoms with Crippen LogP contribution in [-0.2, 0) is 6.61 Å². The standard InChI is InChI=1S/C11H10N2O2/c14-7-9-2-1-3-10(6-9)15-11-4-5-12-8-13-11/h1-6,8,14H,7H2. The van der Waals surface area contributed by atoms with E-state index < -0.39 is 0 Å². The molecule has 0 radical (unpaired) electrons. The summed E-state index contributed by atoms with van der Waals surface area (Å²) >= 11 is 0. The number of ether oxygens (including phenoxy) is 1. The lowest BCUT2D eigenvalue weighted by atomic mass is 10.2. The molecular weight excluding hydrogens is 192 g/mol. The number of nitrogens with zero attached hydrogens (tertiary/aromatic N) is 2. The molecule has 0 amide bonds. The van der Waals surface area contributed by atoms with E-state index in [0.717, 1.165) is 5.56 Å². The molecule has 0 aliphatic rings. The van der Waals surface area contributed by atoms with Crippen molar-refractivity contribution in [3.63, 3.8) is 0 Å². The van der Waals surface area contributed by atoms with Gasteiger partial charge in [-0.2, -0.15) is 0 Å². The van der Waals surface area contributed by atoms with Crippen molar-refractivity contribution < 1.29 is 9.84 Å². The van der Waals surface area contributed by atoms with Crippen LogP contribution in [0.5, 0.6) is 11.6 Å². The summed E-state index contributed by atoms with van der Waals surface area (Å²) in [5.74, 6) is 1.14. The van der Waals surface area contributed by atoms with Gasteiger partial charge in [0.05, 0.1) is 6.61 Å². The number of benzene rings is 1. The van der Waals surface area contributed by atoms with E-state index in [-0.39, 0.29) is 6.61 Å². The molecule has 1 heterocycles. The second-order valence-electron chi connectivity index (χ2n) is 2.96. The van der Waals surface area contributed by atoms with Crippen LogP contribution in [0.1, 0.15) is 5.56 Å². The molecule has 0 bridgehead atoms. The van der Waals surface area contributed by atoms with Crippen LogP contribution in [0.4, 0.5) is 0 Å². The van der Waals surface area contributed by atoms with Gasteiger partial charge in [0.2, 0.25) is 5.88 Å². The highest BCUT2D eigenvalue weighted by molar-refractivity contribution is 5.30. The van der Waals surface area contributed by atoms with E-state index in [1.54, 1.807) is 24.4 Å². The van der Waals surface area contributed by atoms with Gasteiger partial charge in [0.25, 0.3) is 0 Å². The quantitative estimate of drug-likeness (QED) is 0.823. The summed E-state index contributed by atoms with van der Waals surface area (Å²) in [5.41, 5.74) is 0.807. The Labute approximate surface area is 87.2 Å². The average molecular weight is 202 g/mol. The van der Waals surface area contributed by atoms with Gasteiger partial charge in [-0.05, 0) is 17.7 Å². The van der Waals surface area contributed by atoms with Crippen LogP contribution in [0.15, 0.2) is 42.9 Å². The van der Waals surface area contributed by atoms with Crippen molar-refractivity contribution in [2.45, 2.75) is 6.61 Å². The van der Waals surface area contributed by atoms with Crippen molar-refractivity contribution in [1.29, 1.82) is 0 Å². The zero-order valence-electron chi connectivity index (χ0n) is 8.00. The summed E-state index contributed by atoms with van der Waals surface area (Å²) < 4.78 is 5.46. The van der Waals surface area contributed by atoms with Gasteiger partial charge in [-0.3, -0.25) is 0 Å². The average Bonchev–Trinajstić information content (AvgIpc) is 2.31. The first-order valence-electron chi connectivity index (χ1n) is 4.52. The molecule has 2 aromatic rings. The highest BCUT2D eigenvalue weighted by Crippen LogP contribution is 2.19. The number of aliphatic hydroxyl groups excluding tert-OH is 1. The second kappa shape index (κ2) is 4.52. The molecule has 0 aliphatic carbocycles. The Balaban J connectivity index is 2.17. The lowest BCUT2D eigenvalue weighted by molar-refractivity contribution is 0.281. The predicted octanol–water partition coefficient (Wildman–Crippen LogP) is 1.76. The van der Waals surface area contributed by atoms with E-state index in [2.05, 4.69) is 9.97 Å². The van der Waals surface area contributed by atoms with Crippen molar-refractivity contribution in [3.05, 3.63) is 48.4 Å². The zero-order valence-corrected chi connectivity index (χ0v) is 8.00. The molecule has 0 unspecified atom stereocenters. The van der Waals surface area contributed by atoms with E-state index in [9.17, 15) is 0 Å². The molecular formula is C11H10N2O2. The van der Waals surface area contributed by atoms with Gasteiger partial charge in [0.15, 0.2) is 0 Å². The van der Waals surface area contributed by atoms with Gasteiger partial charge in [-0.25, -0.2) is 9.97 Å². The molecule has 1 aromatic heterocycles. The molecule has 0 atom stereocenters. The summed E-state index contributed by atoms with van der Waals surface area (Å²) in [4.78, 5) is 7.72. The Morgan fingerprint density at radius 1 is 1.27 bits per heavy atom. The fourth-order valence-electron chi connectivity index (χ4n) is 1.17. The van der Waals surface area contributed by atoms with Crippen molar-refractivity contribution >= 4 is 0 Å². The molecule has 0 saturated heterocycles. The first kappa shape index (κ1) is 9.61. The van der Waals surface area contributed by atoms with Crippen LogP contribution in [-0.4, -0.2) is 15.1 Å². The largest absolute Gasteiger partial charge is 0.439 e. The summed E-state index contributed by atoms with van der Waals surface area (Å²) in [6, 6.07) is 8.89. The summed E-state index contributed by atoms with van der Waals surface area (Å²) in [6.45, 7) is 0.000966. The molecule has 15 heavy (non-hydrogen) atoms.